The number of hydrogen-bond donors (Lipinski definition) is 2. The number of halogens is 1. The van der Waals surface area contributed by atoms with Crippen molar-refractivity contribution in [3.8, 4) is 11.5 Å². The molecule has 0 aliphatic carbocycles. The molecular weight excluding hydrogens is 472 g/mol. The van der Waals surface area contributed by atoms with E-state index < -0.39 is 11.3 Å². The van der Waals surface area contributed by atoms with E-state index in [2.05, 4.69) is 58.4 Å². The number of rotatable bonds is 10. The van der Waals surface area contributed by atoms with E-state index in [1.807, 2.05) is 13.8 Å². The summed E-state index contributed by atoms with van der Waals surface area (Å²) in [6.45, 7) is 17.3. The summed E-state index contributed by atoms with van der Waals surface area (Å²) >= 11 is 4.22. The monoisotopic (exact) mass is 508 g/mol. The maximum Gasteiger partial charge on any atom is 0.316 e. The average molecular weight is 509 g/mol. The molecule has 0 spiro atoms. The molecule has 34 heavy (non-hydrogen) atoms. The molecule has 1 atom stereocenters. The molecule has 0 bridgehead atoms. The zero-order valence-corrected chi connectivity index (χ0v) is 22.9. The number of phenols is 1. The van der Waals surface area contributed by atoms with Gasteiger partial charge in [-0.15, -0.1) is 0 Å². The first-order chi connectivity index (χ1) is 15.9. The van der Waals surface area contributed by atoms with Crippen LogP contribution in [0, 0.1) is 0 Å². The number of aromatic hydroxyl groups is 1. The quantitative estimate of drug-likeness (QED) is 0.340. The summed E-state index contributed by atoms with van der Waals surface area (Å²) < 4.78 is 21.8. The zero-order valence-electron chi connectivity index (χ0n) is 21.4. The van der Waals surface area contributed by atoms with E-state index in [-0.39, 0.29) is 34.1 Å². The molecule has 0 fully saturated rings. The van der Waals surface area contributed by atoms with E-state index in [0.717, 1.165) is 11.1 Å². The van der Waals surface area contributed by atoms with Crippen molar-refractivity contribution in [3.63, 3.8) is 0 Å². The normalized spacial score (nSPS) is 12.4. The molecule has 188 valence electrons. The lowest BCUT2D eigenvalue weighted by Gasteiger charge is -2.22. The molecule has 6 nitrogen and oxygen atoms in total. The molecule has 0 aromatic heterocycles. The van der Waals surface area contributed by atoms with Crippen LogP contribution in [0.1, 0.15) is 100 Å². The van der Waals surface area contributed by atoms with Gasteiger partial charge in [-0.25, -0.2) is 0 Å². The number of amides is 1. The number of benzene rings is 2. The van der Waals surface area contributed by atoms with Crippen LogP contribution in [-0.2, 0) is 11.3 Å². The smallest absolute Gasteiger partial charge is 0.316 e. The minimum Gasteiger partial charge on any atom is -0.506 e. The van der Waals surface area contributed by atoms with E-state index in [1.165, 1.54) is 17.7 Å². The van der Waals surface area contributed by atoms with Crippen molar-refractivity contribution in [1.82, 2.24) is 4.90 Å². The Bertz CT molecular complexity index is 1020. The molecule has 2 aromatic carbocycles. The van der Waals surface area contributed by atoms with Crippen molar-refractivity contribution in [2.75, 3.05) is 17.8 Å². The van der Waals surface area contributed by atoms with Gasteiger partial charge in [0.1, 0.15) is 11.5 Å². The predicted octanol–water partition coefficient (Wildman–Crippen LogP) is 6.97. The Kier molecular flexibility index (Phi) is 9.83. The maximum absolute atomic E-state index is 13.1. The van der Waals surface area contributed by atoms with Crippen molar-refractivity contribution in [1.29, 1.82) is 0 Å². The second-order valence-electron chi connectivity index (χ2n) is 9.24. The van der Waals surface area contributed by atoms with Gasteiger partial charge < -0.3 is 14.2 Å². The topological polar surface area (TPSA) is 78.9 Å². The van der Waals surface area contributed by atoms with Crippen LogP contribution in [-0.4, -0.2) is 33.2 Å². The molecule has 1 amide bonds. The fraction of sp³-hybridized carbons (Fsp3) is 0.500. The summed E-state index contributed by atoms with van der Waals surface area (Å²) in [6, 6.07) is 7.10. The van der Waals surface area contributed by atoms with Crippen LogP contribution in [0.5, 0.6) is 11.5 Å². The van der Waals surface area contributed by atoms with Gasteiger partial charge in [-0.1, -0.05) is 65.3 Å². The van der Waals surface area contributed by atoms with Crippen LogP contribution in [0.2, 0.25) is 5.02 Å². The number of hydrogen-bond acceptors (Lipinski definition) is 4. The van der Waals surface area contributed by atoms with Gasteiger partial charge in [-0.2, -0.15) is 4.21 Å². The molecule has 0 heterocycles. The Balaban J connectivity index is 2.42. The first-order valence-corrected chi connectivity index (χ1v) is 13.2. The van der Waals surface area contributed by atoms with Gasteiger partial charge in [0.15, 0.2) is 0 Å². The van der Waals surface area contributed by atoms with Crippen molar-refractivity contribution >= 4 is 34.5 Å². The molecule has 8 heteroatoms. The molecule has 1 unspecified atom stereocenters. The lowest BCUT2D eigenvalue weighted by atomic mass is 9.88. The Morgan fingerprint density at radius 3 is 1.97 bits per heavy atom. The summed E-state index contributed by atoms with van der Waals surface area (Å²) in [5.74, 6) is 0.643. The van der Waals surface area contributed by atoms with Crippen molar-refractivity contribution < 1.29 is 18.3 Å². The number of carbonyl (C=O) groups is 1. The van der Waals surface area contributed by atoms with Gasteiger partial charge in [-0.05, 0) is 60.4 Å². The molecule has 2 rings (SSSR count). The third-order valence-corrected chi connectivity index (χ3v) is 6.79. The van der Waals surface area contributed by atoms with E-state index in [1.54, 1.807) is 4.90 Å². The molecule has 0 aliphatic heterocycles. The third kappa shape index (κ3) is 6.45. The van der Waals surface area contributed by atoms with Crippen LogP contribution >= 0.6 is 11.6 Å². The van der Waals surface area contributed by atoms with Crippen LogP contribution < -0.4 is 8.91 Å². The van der Waals surface area contributed by atoms with Crippen molar-refractivity contribution in [3.05, 3.63) is 51.5 Å². The number of phenolic OH excluding ortho intramolecular Hbond substituents is 1. The number of nitrogens with zero attached hydrogens (tertiary/aromatic N) is 1. The van der Waals surface area contributed by atoms with Crippen molar-refractivity contribution in [2.45, 2.75) is 73.1 Å². The predicted molar refractivity (Wildman–Crippen MR) is 141 cm³/mol. The van der Waals surface area contributed by atoms with Gasteiger partial charge in [-0.3, -0.25) is 9.52 Å². The second kappa shape index (κ2) is 11.9. The molecule has 2 N–H and O–H groups in total. The van der Waals surface area contributed by atoms with Crippen LogP contribution in [0.3, 0.4) is 0 Å². The van der Waals surface area contributed by atoms with E-state index >= 15 is 0 Å². The Labute approximate surface area is 211 Å². The highest BCUT2D eigenvalue weighted by Gasteiger charge is 2.23. The van der Waals surface area contributed by atoms with Crippen molar-refractivity contribution in [2.24, 2.45) is 0 Å². The minimum atomic E-state index is -1.96. The highest BCUT2D eigenvalue weighted by molar-refractivity contribution is 7.82. The van der Waals surface area contributed by atoms with E-state index in [4.69, 9.17) is 15.8 Å². The second-order valence-corrected chi connectivity index (χ2v) is 10.5. The van der Waals surface area contributed by atoms with Crippen LogP contribution in [0.4, 0.5) is 5.69 Å². The summed E-state index contributed by atoms with van der Waals surface area (Å²) in [6.07, 6.45) is 0. The molecule has 0 saturated heterocycles. The summed E-state index contributed by atoms with van der Waals surface area (Å²) in [7, 11) is 0. The summed E-state index contributed by atoms with van der Waals surface area (Å²) in [5.41, 5.74) is 3.55. The number of anilines is 1. The Hall–Kier alpha value is -2.25. The number of carbonyl (C=O) groups excluding carboxylic acids is 1. The standard InChI is InChI=1S/C26H37ClN2O4S/c1-9-29(10-2)26(31)22-13-19(14-23(27)24(22)30)28-34(32)33-25-20(16(5)6)11-18(15(3)4)12-21(25)17(7)8/h11-17,28,30H,9-10H2,1-8H3. The first kappa shape index (κ1) is 28.0. The van der Waals surface area contributed by atoms with Gasteiger partial charge >= 0.3 is 11.3 Å². The molecule has 0 radical (unpaired) electrons. The summed E-state index contributed by atoms with van der Waals surface area (Å²) in [5, 5.41) is 10.3. The lowest BCUT2D eigenvalue weighted by Crippen LogP contribution is -2.30. The van der Waals surface area contributed by atoms with Gasteiger partial charge in [0.05, 0.1) is 16.3 Å². The average Bonchev–Trinajstić information content (AvgIpc) is 2.76. The largest absolute Gasteiger partial charge is 0.506 e. The highest BCUT2D eigenvalue weighted by atomic mass is 35.5. The zero-order chi connectivity index (χ0) is 25.7. The molecule has 2 aromatic rings. The SMILES string of the molecule is CCN(CC)C(=O)c1cc(NS(=O)Oc2c(C(C)C)cc(C(C)C)cc2C(C)C)cc(Cl)c1O. The Morgan fingerprint density at radius 2 is 1.53 bits per heavy atom. The van der Waals surface area contributed by atoms with Crippen LogP contribution in [0.25, 0.3) is 0 Å². The van der Waals surface area contributed by atoms with Crippen LogP contribution in [0.15, 0.2) is 24.3 Å². The molecule has 0 saturated carbocycles. The highest BCUT2D eigenvalue weighted by Crippen LogP contribution is 2.38. The number of nitrogens with one attached hydrogen (secondary N) is 1. The lowest BCUT2D eigenvalue weighted by molar-refractivity contribution is 0.0770. The maximum atomic E-state index is 13.1. The van der Waals surface area contributed by atoms with Gasteiger partial charge in [0, 0.05) is 13.1 Å². The minimum absolute atomic E-state index is 0.00969. The van der Waals surface area contributed by atoms with E-state index in [9.17, 15) is 14.1 Å². The van der Waals surface area contributed by atoms with E-state index in [0.29, 0.717) is 30.4 Å². The van der Waals surface area contributed by atoms with Gasteiger partial charge in [0.25, 0.3) is 5.91 Å². The fourth-order valence-electron chi connectivity index (χ4n) is 3.68. The molecular formula is C26H37ClN2O4S. The van der Waals surface area contributed by atoms with Gasteiger partial charge in [0.2, 0.25) is 0 Å². The summed E-state index contributed by atoms with van der Waals surface area (Å²) in [4.78, 5) is 14.4. The Morgan fingerprint density at radius 1 is 1.00 bits per heavy atom. The third-order valence-electron chi connectivity index (χ3n) is 5.78. The first-order valence-electron chi connectivity index (χ1n) is 11.8. The molecule has 0 aliphatic rings. The fourth-order valence-corrected chi connectivity index (χ4v) is 4.60.